The van der Waals surface area contributed by atoms with Gasteiger partial charge in [0.1, 0.15) is 4.70 Å². The first-order valence-electron chi connectivity index (χ1n) is 9.85. The highest BCUT2D eigenvalue weighted by Crippen LogP contribution is 2.37. The number of hydrogen-bond acceptors (Lipinski definition) is 10. The molecule has 0 radical (unpaired) electrons. The molecule has 2 heterocycles. The average Bonchev–Trinajstić information content (AvgIpc) is 3.07. The van der Waals surface area contributed by atoms with Crippen molar-refractivity contribution in [2.75, 3.05) is 23.9 Å². The molecule has 11 heteroatoms. The summed E-state index contributed by atoms with van der Waals surface area (Å²) in [4.78, 5) is 13.8. The van der Waals surface area contributed by atoms with Crippen molar-refractivity contribution in [3.8, 4) is 0 Å². The summed E-state index contributed by atoms with van der Waals surface area (Å²) in [6.45, 7) is 6.19. The zero-order valence-corrected chi connectivity index (χ0v) is 20.3. The molecule has 0 spiro atoms. The van der Waals surface area contributed by atoms with E-state index in [2.05, 4.69) is 34.1 Å². The molecule has 2 unspecified atom stereocenters. The number of thioether (sulfide) groups is 1. The number of anilines is 2. The molecule has 3 rings (SSSR count). The van der Waals surface area contributed by atoms with Gasteiger partial charge in [0.15, 0.2) is 31.6 Å². The van der Waals surface area contributed by atoms with Gasteiger partial charge in [-0.3, -0.25) is 0 Å². The van der Waals surface area contributed by atoms with Crippen LogP contribution in [-0.4, -0.2) is 47.4 Å². The van der Waals surface area contributed by atoms with E-state index in [1.165, 1.54) is 29.4 Å². The molecule has 0 saturated heterocycles. The lowest BCUT2D eigenvalue weighted by molar-refractivity contribution is 0.259. The van der Waals surface area contributed by atoms with Crippen molar-refractivity contribution in [3.05, 3.63) is 29.8 Å². The molecule has 31 heavy (non-hydrogen) atoms. The number of aliphatic hydroxyl groups is 1. The highest BCUT2D eigenvalue weighted by atomic mass is 32.2. The predicted molar refractivity (Wildman–Crippen MR) is 127 cm³/mol. The number of nitrogen functional groups attached to an aromatic ring is 1. The van der Waals surface area contributed by atoms with Crippen LogP contribution in [0.5, 0.6) is 0 Å². The van der Waals surface area contributed by atoms with Crippen molar-refractivity contribution in [1.29, 1.82) is 0 Å². The summed E-state index contributed by atoms with van der Waals surface area (Å²) >= 11 is 2.76. The molecule has 0 saturated carbocycles. The normalized spacial score (nSPS) is 14.1. The SMILES string of the molecule is CC(C)CC(CO)Nc1nc(SC(C)c2ccc(S(C)(=O)=O)cc2)nc2nc(N)sc12. The molecule has 0 aliphatic carbocycles. The van der Waals surface area contributed by atoms with Crippen LogP contribution in [0.3, 0.4) is 0 Å². The number of hydrogen-bond donors (Lipinski definition) is 3. The fraction of sp³-hybridized carbons (Fsp3) is 0.450. The average molecular weight is 482 g/mol. The van der Waals surface area contributed by atoms with E-state index in [0.717, 1.165) is 16.7 Å². The van der Waals surface area contributed by atoms with Gasteiger partial charge in [0.25, 0.3) is 0 Å². The number of nitrogens with two attached hydrogens (primary N) is 1. The Morgan fingerprint density at radius 1 is 1.16 bits per heavy atom. The lowest BCUT2D eigenvalue weighted by Gasteiger charge is -2.19. The maximum absolute atomic E-state index is 11.7. The highest BCUT2D eigenvalue weighted by molar-refractivity contribution is 7.99. The summed E-state index contributed by atoms with van der Waals surface area (Å²) in [5.41, 5.74) is 7.38. The Balaban J connectivity index is 1.88. The molecule has 168 valence electrons. The van der Waals surface area contributed by atoms with Gasteiger partial charge in [-0.25, -0.2) is 23.4 Å². The van der Waals surface area contributed by atoms with Gasteiger partial charge in [0.05, 0.1) is 17.5 Å². The number of nitrogens with one attached hydrogen (secondary N) is 1. The van der Waals surface area contributed by atoms with Crippen LogP contribution in [0.1, 0.15) is 38.0 Å². The van der Waals surface area contributed by atoms with Gasteiger partial charge in [0.2, 0.25) is 0 Å². The van der Waals surface area contributed by atoms with E-state index in [4.69, 9.17) is 5.73 Å². The minimum absolute atomic E-state index is 0.0104. The van der Waals surface area contributed by atoms with Crippen LogP contribution in [0.4, 0.5) is 10.9 Å². The van der Waals surface area contributed by atoms with Gasteiger partial charge in [-0.15, -0.1) is 0 Å². The summed E-state index contributed by atoms with van der Waals surface area (Å²) in [6, 6.07) is 6.68. The van der Waals surface area contributed by atoms with Crippen molar-refractivity contribution in [2.45, 2.75) is 48.5 Å². The topological polar surface area (TPSA) is 131 Å². The summed E-state index contributed by atoms with van der Waals surface area (Å²) < 4.78 is 24.1. The van der Waals surface area contributed by atoms with E-state index in [1.807, 2.05) is 6.92 Å². The van der Waals surface area contributed by atoms with Crippen LogP contribution in [0.15, 0.2) is 34.3 Å². The molecule has 0 amide bonds. The molecule has 1 aromatic carbocycles. The number of aromatic nitrogens is 3. The lowest BCUT2D eigenvalue weighted by atomic mass is 10.0. The predicted octanol–water partition coefficient (Wildman–Crippen LogP) is 3.74. The number of rotatable bonds is 9. The molecular formula is C20H27N5O3S3. The van der Waals surface area contributed by atoms with E-state index in [-0.39, 0.29) is 22.8 Å². The number of benzene rings is 1. The summed E-state index contributed by atoms with van der Waals surface area (Å²) in [6.07, 6.45) is 1.98. The summed E-state index contributed by atoms with van der Waals surface area (Å²) in [5.74, 6) is 1.03. The van der Waals surface area contributed by atoms with Gasteiger partial charge in [-0.2, -0.15) is 0 Å². The number of sulfone groups is 1. The van der Waals surface area contributed by atoms with E-state index in [0.29, 0.717) is 27.7 Å². The maximum Gasteiger partial charge on any atom is 0.192 e. The molecule has 0 aliphatic heterocycles. The third kappa shape index (κ3) is 6.06. The Morgan fingerprint density at radius 2 is 1.84 bits per heavy atom. The maximum atomic E-state index is 11.7. The smallest absolute Gasteiger partial charge is 0.192 e. The lowest BCUT2D eigenvalue weighted by Crippen LogP contribution is -2.26. The van der Waals surface area contributed by atoms with Crippen LogP contribution >= 0.6 is 23.1 Å². The molecule has 3 aromatic rings. The summed E-state index contributed by atoms with van der Waals surface area (Å²) in [5, 5.41) is 14.0. The number of thiazole rings is 1. The second-order valence-corrected chi connectivity index (χ2v) is 12.2. The van der Waals surface area contributed by atoms with Crippen LogP contribution in [0.25, 0.3) is 10.3 Å². The number of nitrogens with zero attached hydrogens (tertiary/aromatic N) is 3. The highest BCUT2D eigenvalue weighted by Gasteiger charge is 2.19. The summed E-state index contributed by atoms with van der Waals surface area (Å²) in [7, 11) is -3.23. The fourth-order valence-corrected chi connectivity index (χ4v) is 5.37. The number of aliphatic hydroxyl groups excluding tert-OH is 1. The Morgan fingerprint density at radius 3 is 2.42 bits per heavy atom. The second-order valence-electron chi connectivity index (χ2n) is 7.81. The first-order chi connectivity index (χ1) is 14.6. The Labute approximate surface area is 190 Å². The fourth-order valence-electron chi connectivity index (χ4n) is 3.12. The molecule has 0 aliphatic rings. The van der Waals surface area contributed by atoms with Crippen molar-refractivity contribution < 1.29 is 13.5 Å². The second kappa shape index (κ2) is 9.68. The zero-order valence-electron chi connectivity index (χ0n) is 17.9. The van der Waals surface area contributed by atoms with E-state index >= 15 is 0 Å². The third-order valence-electron chi connectivity index (χ3n) is 4.63. The molecular weight excluding hydrogens is 454 g/mol. The van der Waals surface area contributed by atoms with E-state index in [1.54, 1.807) is 24.3 Å². The van der Waals surface area contributed by atoms with Crippen LogP contribution < -0.4 is 11.1 Å². The molecule has 0 fully saturated rings. The van der Waals surface area contributed by atoms with Gasteiger partial charge in [-0.05, 0) is 37.0 Å². The first-order valence-corrected chi connectivity index (χ1v) is 13.4. The van der Waals surface area contributed by atoms with E-state index in [9.17, 15) is 13.5 Å². The van der Waals surface area contributed by atoms with Crippen molar-refractivity contribution in [2.24, 2.45) is 5.92 Å². The minimum Gasteiger partial charge on any atom is -0.394 e. The van der Waals surface area contributed by atoms with Gasteiger partial charge >= 0.3 is 0 Å². The number of fused-ring (bicyclic) bond motifs is 1. The van der Waals surface area contributed by atoms with Gasteiger partial charge < -0.3 is 16.2 Å². The van der Waals surface area contributed by atoms with E-state index < -0.39 is 9.84 Å². The van der Waals surface area contributed by atoms with Crippen molar-refractivity contribution in [3.63, 3.8) is 0 Å². The quantitative estimate of drug-likeness (QED) is 0.309. The van der Waals surface area contributed by atoms with Crippen LogP contribution in [-0.2, 0) is 9.84 Å². The van der Waals surface area contributed by atoms with Gasteiger partial charge in [0, 0.05) is 11.5 Å². The Kier molecular flexibility index (Phi) is 7.40. The Hall–Kier alpha value is -1.95. The van der Waals surface area contributed by atoms with Crippen molar-refractivity contribution >= 4 is 54.2 Å². The largest absolute Gasteiger partial charge is 0.394 e. The molecule has 2 atom stereocenters. The molecule has 2 aromatic heterocycles. The van der Waals surface area contributed by atoms with Crippen LogP contribution in [0, 0.1) is 5.92 Å². The third-order valence-corrected chi connectivity index (χ3v) is 7.65. The van der Waals surface area contributed by atoms with Crippen molar-refractivity contribution in [1.82, 2.24) is 15.0 Å². The zero-order chi connectivity index (χ0) is 22.8. The van der Waals surface area contributed by atoms with Crippen LogP contribution in [0.2, 0.25) is 0 Å². The molecule has 0 bridgehead atoms. The standard InChI is InChI=1S/C20H27N5O3S3/c1-11(2)9-14(10-26)22-17-16-18(23-19(21)30-16)25-20(24-17)29-12(3)13-5-7-15(8-6-13)31(4,27)28/h5-8,11-12,14,26H,9-10H2,1-4H3,(H3,21,22,23,24,25). The molecule has 8 nitrogen and oxygen atoms in total. The van der Waals surface area contributed by atoms with Gasteiger partial charge in [-0.1, -0.05) is 49.1 Å². The Bertz CT molecular complexity index is 1150. The first kappa shape index (κ1) is 23.7. The minimum atomic E-state index is -3.23. The molecule has 4 N–H and O–H groups in total. The monoisotopic (exact) mass is 481 g/mol.